The Morgan fingerprint density at radius 1 is 1.10 bits per heavy atom. The number of hydrogen-bond acceptors (Lipinski definition) is 4. The lowest BCUT2D eigenvalue weighted by Crippen LogP contribution is -2.46. The molecule has 2 aromatic rings. The fraction of sp³-hybridized carbons (Fsp3) is 0.292. The number of carbonyl (C=O) groups excluding carboxylic acids is 3. The Morgan fingerprint density at radius 3 is 2.52 bits per heavy atom. The van der Waals surface area contributed by atoms with Crippen LogP contribution in [0.25, 0.3) is 6.08 Å². The molecule has 3 amide bonds. The molecule has 162 valence electrons. The predicted octanol–water partition coefficient (Wildman–Crippen LogP) is 3.06. The van der Waals surface area contributed by atoms with Crippen LogP contribution in [0.3, 0.4) is 0 Å². The van der Waals surface area contributed by atoms with Crippen LogP contribution in [0.15, 0.2) is 48.5 Å². The zero-order chi connectivity index (χ0) is 22.4. The molecule has 2 N–H and O–H groups in total. The van der Waals surface area contributed by atoms with Crippen LogP contribution in [0.2, 0.25) is 0 Å². The minimum absolute atomic E-state index is 0.133. The van der Waals surface area contributed by atoms with Gasteiger partial charge in [-0.2, -0.15) is 0 Å². The molecule has 1 saturated heterocycles. The normalized spacial score (nSPS) is 14.5. The Bertz CT molecular complexity index is 998. The van der Waals surface area contributed by atoms with Gasteiger partial charge in [-0.1, -0.05) is 24.3 Å². The highest BCUT2D eigenvalue weighted by atomic mass is 16.5. The van der Waals surface area contributed by atoms with Gasteiger partial charge in [0.05, 0.1) is 0 Å². The molecule has 0 bridgehead atoms. The first-order chi connectivity index (χ1) is 14.8. The number of benzene rings is 2. The largest absolute Gasteiger partial charge is 0.481 e. The van der Waals surface area contributed by atoms with Crippen molar-refractivity contribution < 1.29 is 19.1 Å². The maximum Gasteiger partial charge on any atom is 0.279 e. The summed E-state index contributed by atoms with van der Waals surface area (Å²) in [7, 11) is 0. The minimum atomic E-state index is -0.773. The third kappa shape index (κ3) is 5.72. The smallest absolute Gasteiger partial charge is 0.279 e. The number of nitrogens with one attached hydrogen (secondary N) is 2. The summed E-state index contributed by atoms with van der Waals surface area (Å²) in [6.07, 6.45) is 3.65. The Hall–Kier alpha value is -3.61. The monoisotopic (exact) mass is 421 g/mol. The second kappa shape index (κ2) is 9.93. The zero-order valence-corrected chi connectivity index (χ0v) is 18.0. The molecule has 1 atom stereocenters. The summed E-state index contributed by atoms with van der Waals surface area (Å²) in [5, 5.41) is 0. The van der Waals surface area contributed by atoms with Crippen LogP contribution >= 0.6 is 0 Å². The molecule has 1 unspecified atom stereocenters. The van der Waals surface area contributed by atoms with Gasteiger partial charge in [0.2, 0.25) is 5.91 Å². The van der Waals surface area contributed by atoms with Gasteiger partial charge in [0.15, 0.2) is 6.10 Å². The van der Waals surface area contributed by atoms with Crippen molar-refractivity contribution in [2.45, 2.75) is 39.7 Å². The molecule has 7 nitrogen and oxygen atoms in total. The number of amides is 3. The second-order valence-electron chi connectivity index (χ2n) is 7.51. The summed E-state index contributed by atoms with van der Waals surface area (Å²) in [4.78, 5) is 37.8. The third-order valence-electron chi connectivity index (χ3n) is 5.24. The Labute approximate surface area is 182 Å². The van der Waals surface area contributed by atoms with Gasteiger partial charge in [0.25, 0.3) is 11.8 Å². The van der Waals surface area contributed by atoms with Gasteiger partial charge < -0.3 is 9.64 Å². The molecular weight excluding hydrogens is 394 g/mol. The van der Waals surface area contributed by atoms with Gasteiger partial charge in [-0.25, -0.2) is 0 Å². The summed E-state index contributed by atoms with van der Waals surface area (Å²) in [5.41, 5.74) is 8.42. The maximum absolute atomic E-state index is 12.2. The molecule has 1 fully saturated rings. The van der Waals surface area contributed by atoms with E-state index in [9.17, 15) is 14.4 Å². The van der Waals surface area contributed by atoms with E-state index in [4.69, 9.17) is 4.74 Å². The first kappa shape index (κ1) is 22.1. The van der Waals surface area contributed by atoms with E-state index in [1.165, 1.54) is 6.08 Å². The first-order valence-corrected chi connectivity index (χ1v) is 10.3. The minimum Gasteiger partial charge on any atom is -0.481 e. The van der Waals surface area contributed by atoms with Gasteiger partial charge in [-0.3, -0.25) is 25.2 Å². The van der Waals surface area contributed by atoms with Gasteiger partial charge in [0, 0.05) is 24.7 Å². The van der Waals surface area contributed by atoms with Crippen LogP contribution in [0.5, 0.6) is 5.75 Å². The molecule has 7 heteroatoms. The molecule has 2 aromatic carbocycles. The highest BCUT2D eigenvalue weighted by Crippen LogP contribution is 2.22. The van der Waals surface area contributed by atoms with Crippen molar-refractivity contribution in [3.8, 4) is 5.75 Å². The van der Waals surface area contributed by atoms with Gasteiger partial charge in [-0.15, -0.1) is 0 Å². The molecule has 0 aromatic heterocycles. The lowest BCUT2D eigenvalue weighted by molar-refractivity contribution is -0.131. The molecule has 0 aliphatic carbocycles. The molecule has 3 rings (SSSR count). The quantitative estimate of drug-likeness (QED) is 0.554. The topological polar surface area (TPSA) is 87.7 Å². The van der Waals surface area contributed by atoms with Crippen LogP contribution in [-0.4, -0.2) is 30.4 Å². The van der Waals surface area contributed by atoms with Crippen molar-refractivity contribution in [1.29, 1.82) is 0 Å². The van der Waals surface area contributed by atoms with Crippen molar-refractivity contribution in [1.82, 2.24) is 10.9 Å². The van der Waals surface area contributed by atoms with Crippen LogP contribution in [0, 0.1) is 13.8 Å². The number of hydrogen-bond donors (Lipinski definition) is 2. The van der Waals surface area contributed by atoms with Crippen LogP contribution in [-0.2, 0) is 14.4 Å². The lowest BCUT2D eigenvalue weighted by atomic mass is 10.1. The van der Waals surface area contributed by atoms with E-state index in [1.54, 1.807) is 24.0 Å². The van der Waals surface area contributed by atoms with Crippen molar-refractivity contribution in [2.75, 3.05) is 11.4 Å². The summed E-state index contributed by atoms with van der Waals surface area (Å²) < 4.78 is 5.70. The van der Waals surface area contributed by atoms with E-state index in [2.05, 4.69) is 10.9 Å². The summed E-state index contributed by atoms with van der Waals surface area (Å²) in [6, 6.07) is 13.0. The maximum atomic E-state index is 12.2. The summed E-state index contributed by atoms with van der Waals surface area (Å²) in [5.74, 6) is -0.157. The van der Waals surface area contributed by atoms with E-state index in [-0.39, 0.29) is 5.91 Å². The summed E-state index contributed by atoms with van der Waals surface area (Å²) in [6.45, 7) is 6.25. The molecule has 31 heavy (non-hydrogen) atoms. The van der Waals surface area contributed by atoms with Crippen molar-refractivity contribution >= 4 is 29.5 Å². The Kier molecular flexibility index (Phi) is 7.07. The number of aryl methyl sites for hydroxylation is 1. The first-order valence-electron chi connectivity index (χ1n) is 10.3. The molecular formula is C24H27N3O4. The zero-order valence-electron chi connectivity index (χ0n) is 18.0. The number of rotatable bonds is 6. The Balaban J connectivity index is 1.47. The second-order valence-corrected chi connectivity index (χ2v) is 7.51. The SMILES string of the molecule is Cc1cccc(OC(C)C(=O)NNC(=O)/C=C/c2ccc(N3CCCC3=O)cc2)c1C. The lowest BCUT2D eigenvalue weighted by Gasteiger charge is -2.17. The standard InChI is InChI=1S/C24H27N3O4/c1-16-6-4-7-21(17(16)2)31-18(3)24(30)26-25-22(28)14-11-19-9-12-20(13-10-19)27-15-5-8-23(27)29/h4,6-7,9-14,18H,5,8,15H2,1-3H3,(H,25,28)(H,26,30)/b14-11+. The van der Waals surface area contributed by atoms with Crippen LogP contribution in [0.1, 0.15) is 36.5 Å². The predicted molar refractivity (Wildman–Crippen MR) is 119 cm³/mol. The average Bonchev–Trinajstić information content (AvgIpc) is 3.19. The molecule has 0 spiro atoms. The fourth-order valence-electron chi connectivity index (χ4n) is 3.22. The highest BCUT2D eigenvalue weighted by Gasteiger charge is 2.21. The number of anilines is 1. The molecule has 0 saturated carbocycles. The van der Waals surface area contributed by atoms with E-state index in [1.807, 2.05) is 50.2 Å². The highest BCUT2D eigenvalue weighted by molar-refractivity contribution is 5.96. The van der Waals surface area contributed by atoms with E-state index >= 15 is 0 Å². The van der Waals surface area contributed by atoms with Gasteiger partial charge in [-0.05, 0) is 68.2 Å². The summed E-state index contributed by atoms with van der Waals surface area (Å²) >= 11 is 0. The molecule has 1 aliphatic heterocycles. The fourth-order valence-corrected chi connectivity index (χ4v) is 3.22. The number of hydrazine groups is 1. The number of nitrogens with zero attached hydrogens (tertiary/aromatic N) is 1. The molecule has 0 radical (unpaired) electrons. The van der Waals surface area contributed by atoms with E-state index in [0.29, 0.717) is 12.2 Å². The van der Waals surface area contributed by atoms with Gasteiger partial charge >= 0.3 is 0 Å². The van der Waals surface area contributed by atoms with Crippen molar-refractivity contribution in [3.63, 3.8) is 0 Å². The van der Waals surface area contributed by atoms with Crippen molar-refractivity contribution in [3.05, 3.63) is 65.2 Å². The van der Waals surface area contributed by atoms with E-state index < -0.39 is 17.9 Å². The van der Waals surface area contributed by atoms with Crippen LogP contribution in [0.4, 0.5) is 5.69 Å². The van der Waals surface area contributed by atoms with E-state index in [0.717, 1.165) is 35.3 Å². The third-order valence-corrected chi connectivity index (χ3v) is 5.24. The van der Waals surface area contributed by atoms with Crippen LogP contribution < -0.4 is 20.5 Å². The molecule has 1 heterocycles. The number of ether oxygens (including phenoxy) is 1. The van der Waals surface area contributed by atoms with Gasteiger partial charge in [0.1, 0.15) is 5.75 Å². The average molecular weight is 421 g/mol. The number of carbonyl (C=O) groups is 3. The Morgan fingerprint density at radius 2 is 1.84 bits per heavy atom. The molecule has 1 aliphatic rings. The van der Waals surface area contributed by atoms with Crippen molar-refractivity contribution in [2.24, 2.45) is 0 Å².